The van der Waals surface area contributed by atoms with E-state index in [-0.39, 0.29) is 0 Å². The van der Waals surface area contributed by atoms with E-state index in [2.05, 4.69) is 0 Å². The molecule has 0 fully saturated rings. The molecule has 0 unspecified atom stereocenters. The Kier molecular flexibility index (Phi) is 3.57. The number of aliphatic carboxylic acids is 1. The number of methoxy groups -OCH3 is 1. The van der Waals surface area contributed by atoms with Gasteiger partial charge in [-0.05, 0) is 46.4 Å². The number of hydrogen-bond donors (Lipinski definition) is 1. The van der Waals surface area contributed by atoms with Crippen molar-refractivity contribution < 1.29 is 14.6 Å². The van der Waals surface area contributed by atoms with Crippen LogP contribution in [0.1, 0.15) is 21.6 Å². The summed E-state index contributed by atoms with van der Waals surface area (Å²) in [6.45, 7) is 0. The van der Waals surface area contributed by atoms with E-state index < -0.39 is 5.97 Å². The molecule has 0 bridgehead atoms. The molecule has 21 heavy (non-hydrogen) atoms. The molecule has 106 valence electrons. The van der Waals surface area contributed by atoms with E-state index in [1.165, 1.54) is 17.4 Å². The lowest BCUT2D eigenvalue weighted by molar-refractivity contribution is -0.131. The van der Waals surface area contributed by atoms with Crippen LogP contribution < -0.4 is 0 Å². The number of carboxylic acid groups (broad SMARTS) is 1. The van der Waals surface area contributed by atoms with Gasteiger partial charge in [0.25, 0.3) is 0 Å². The molecule has 0 spiro atoms. The summed E-state index contributed by atoms with van der Waals surface area (Å²) in [5.41, 5.74) is 3.19. The number of thiophene rings is 1. The smallest absolute Gasteiger partial charge is 0.328 e. The molecule has 1 aromatic carbocycles. The van der Waals surface area contributed by atoms with Crippen molar-refractivity contribution >= 4 is 46.3 Å². The Morgan fingerprint density at radius 3 is 2.86 bits per heavy atom. The first kappa shape index (κ1) is 13.9. The summed E-state index contributed by atoms with van der Waals surface area (Å²) in [7, 11) is 1.60. The monoisotopic (exact) mass is 318 g/mol. The third-order valence-electron chi connectivity index (χ3n) is 3.26. The minimum atomic E-state index is -0.982. The number of benzene rings is 1. The molecule has 1 N–H and O–H groups in total. The van der Waals surface area contributed by atoms with Gasteiger partial charge in [0.15, 0.2) is 0 Å². The Labute approximate surface area is 130 Å². The highest BCUT2D eigenvalue weighted by atomic mass is 35.5. The predicted octanol–water partition coefficient (Wildman–Crippen LogP) is 4.38. The van der Waals surface area contributed by atoms with Crippen LogP contribution in [0.4, 0.5) is 0 Å². The first-order chi connectivity index (χ1) is 10.1. The van der Waals surface area contributed by atoms with Crippen LogP contribution in [0.2, 0.25) is 5.02 Å². The fourth-order valence-corrected chi connectivity index (χ4v) is 3.48. The zero-order chi connectivity index (χ0) is 15.0. The lowest BCUT2D eigenvalue weighted by atomic mass is 9.96. The van der Waals surface area contributed by atoms with Crippen LogP contribution in [0.5, 0.6) is 0 Å². The predicted molar refractivity (Wildman–Crippen MR) is 85.4 cm³/mol. The maximum Gasteiger partial charge on any atom is 0.328 e. The largest absolute Gasteiger partial charge is 0.495 e. The molecule has 0 saturated carbocycles. The molecule has 0 atom stereocenters. The van der Waals surface area contributed by atoms with Crippen LogP contribution in [-0.4, -0.2) is 18.2 Å². The van der Waals surface area contributed by atoms with E-state index in [1.807, 2.05) is 29.7 Å². The normalized spacial score (nSPS) is 15.0. The van der Waals surface area contributed by atoms with Gasteiger partial charge in [0.1, 0.15) is 5.76 Å². The molecule has 0 radical (unpaired) electrons. The highest BCUT2D eigenvalue weighted by Gasteiger charge is 2.22. The van der Waals surface area contributed by atoms with Gasteiger partial charge >= 0.3 is 5.97 Å². The van der Waals surface area contributed by atoms with E-state index in [4.69, 9.17) is 16.3 Å². The second-order valence-corrected chi connectivity index (χ2v) is 5.86. The topological polar surface area (TPSA) is 46.5 Å². The number of halogens is 1. The molecule has 5 heteroatoms. The number of hydrogen-bond acceptors (Lipinski definition) is 3. The SMILES string of the molecule is COC1=Cc2cc(Cl)ccc2/C(=C\C(=O)O)c2ccsc21. The highest BCUT2D eigenvalue weighted by Crippen LogP contribution is 2.40. The Balaban J connectivity index is 2.36. The Bertz CT molecular complexity index is 787. The zero-order valence-electron chi connectivity index (χ0n) is 11.1. The standard InChI is InChI=1S/C16H11ClO3S/c1-20-14-7-9-6-10(17)2-3-11(9)13(8-15(18)19)12-4-5-21-16(12)14/h2-8H,1H3,(H,18,19)/b13-8+. The van der Waals surface area contributed by atoms with Gasteiger partial charge in [0.2, 0.25) is 0 Å². The molecule has 0 amide bonds. The molecule has 3 nitrogen and oxygen atoms in total. The minimum absolute atomic E-state index is 0.598. The van der Waals surface area contributed by atoms with E-state index >= 15 is 0 Å². The Morgan fingerprint density at radius 2 is 2.14 bits per heavy atom. The molecule has 2 aromatic rings. The third-order valence-corrected chi connectivity index (χ3v) is 4.42. The van der Waals surface area contributed by atoms with Crippen molar-refractivity contribution in [3.8, 4) is 0 Å². The lowest BCUT2D eigenvalue weighted by Gasteiger charge is -2.08. The second kappa shape index (κ2) is 5.39. The van der Waals surface area contributed by atoms with Crippen LogP contribution in [0.15, 0.2) is 35.7 Å². The number of carbonyl (C=O) groups is 1. The van der Waals surface area contributed by atoms with Gasteiger partial charge in [-0.25, -0.2) is 4.79 Å². The third kappa shape index (κ3) is 2.48. The summed E-state index contributed by atoms with van der Waals surface area (Å²) in [6.07, 6.45) is 3.12. The van der Waals surface area contributed by atoms with Crippen molar-refractivity contribution in [1.82, 2.24) is 0 Å². The van der Waals surface area contributed by atoms with Crippen LogP contribution in [0.3, 0.4) is 0 Å². The molecule has 0 saturated heterocycles. The van der Waals surface area contributed by atoms with Crippen molar-refractivity contribution in [3.05, 3.63) is 62.3 Å². The summed E-state index contributed by atoms with van der Waals surface area (Å²) in [5, 5.41) is 11.7. The number of ether oxygens (including phenoxy) is 1. The first-order valence-electron chi connectivity index (χ1n) is 6.18. The van der Waals surface area contributed by atoms with Crippen LogP contribution in [-0.2, 0) is 9.53 Å². The number of carboxylic acids is 1. The number of rotatable bonds is 2. The molecular weight excluding hydrogens is 308 g/mol. The minimum Gasteiger partial charge on any atom is -0.495 e. The van der Waals surface area contributed by atoms with Gasteiger partial charge in [-0.2, -0.15) is 0 Å². The van der Waals surface area contributed by atoms with Crippen molar-refractivity contribution in [3.63, 3.8) is 0 Å². The fraction of sp³-hybridized carbons (Fsp3) is 0.0625. The van der Waals surface area contributed by atoms with E-state index in [9.17, 15) is 9.90 Å². The van der Waals surface area contributed by atoms with Crippen molar-refractivity contribution in [2.24, 2.45) is 0 Å². The lowest BCUT2D eigenvalue weighted by Crippen LogP contribution is -1.96. The van der Waals surface area contributed by atoms with Gasteiger partial charge in [-0.3, -0.25) is 0 Å². The highest BCUT2D eigenvalue weighted by molar-refractivity contribution is 7.11. The number of fused-ring (bicyclic) bond motifs is 2. The summed E-state index contributed by atoms with van der Waals surface area (Å²) in [5.74, 6) is -0.277. The molecular formula is C16H11ClO3S. The quantitative estimate of drug-likeness (QED) is 0.836. The van der Waals surface area contributed by atoms with Gasteiger partial charge in [-0.15, -0.1) is 11.3 Å². The second-order valence-electron chi connectivity index (χ2n) is 4.50. The maximum absolute atomic E-state index is 11.2. The van der Waals surface area contributed by atoms with Crippen molar-refractivity contribution in [2.75, 3.05) is 7.11 Å². The Morgan fingerprint density at radius 1 is 1.33 bits per heavy atom. The molecule has 0 aliphatic heterocycles. The van der Waals surface area contributed by atoms with Crippen LogP contribution >= 0.6 is 22.9 Å². The molecule has 1 aromatic heterocycles. The fourth-order valence-electron chi connectivity index (χ4n) is 2.39. The molecule has 1 heterocycles. The van der Waals surface area contributed by atoms with Gasteiger partial charge < -0.3 is 9.84 Å². The molecule has 3 rings (SSSR count). The van der Waals surface area contributed by atoms with E-state index in [0.29, 0.717) is 16.4 Å². The maximum atomic E-state index is 11.2. The van der Waals surface area contributed by atoms with Crippen molar-refractivity contribution in [2.45, 2.75) is 0 Å². The summed E-state index contributed by atoms with van der Waals surface area (Å²) >= 11 is 7.57. The summed E-state index contributed by atoms with van der Waals surface area (Å²) in [4.78, 5) is 12.1. The van der Waals surface area contributed by atoms with Gasteiger partial charge in [0.05, 0.1) is 12.0 Å². The molecule has 1 aliphatic carbocycles. The first-order valence-corrected chi connectivity index (χ1v) is 7.44. The summed E-state index contributed by atoms with van der Waals surface area (Å²) < 4.78 is 5.46. The van der Waals surface area contributed by atoms with Crippen LogP contribution in [0.25, 0.3) is 17.4 Å². The van der Waals surface area contributed by atoms with Crippen molar-refractivity contribution in [1.29, 1.82) is 0 Å². The van der Waals surface area contributed by atoms with Crippen LogP contribution in [0, 0.1) is 0 Å². The van der Waals surface area contributed by atoms with Gasteiger partial charge in [0, 0.05) is 16.7 Å². The molecule has 1 aliphatic rings. The zero-order valence-corrected chi connectivity index (χ0v) is 12.7. The average molecular weight is 319 g/mol. The van der Waals surface area contributed by atoms with E-state index in [0.717, 1.165) is 21.6 Å². The summed E-state index contributed by atoms with van der Waals surface area (Å²) in [6, 6.07) is 7.31. The van der Waals surface area contributed by atoms with Gasteiger partial charge in [-0.1, -0.05) is 17.7 Å². The van der Waals surface area contributed by atoms with E-state index in [1.54, 1.807) is 13.2 Å². The average Bonchev–Trinajstić information content (AvgIpc) is 2.87. The Hall–Kier alpha value is -2.04.